The zero-order valence-corrected chi connectivity index (χ0v) is 15.0. The second-order valence-corrected chi connectivity index (χ2v) is 8.53. The van der Waals surface area contributed by atoms with E-state index in [1.165, 1.54) is 0 Å². The van der Waals surface area contributed by atoms with E-state index >= 15 is 0 Å². The number of unbranched alkanes of at least 4 members (excludes halogenated alkanes) is 1. The molecule has 1 saturated heterocycles. The molecule has 0 N–H and O–H groups in total. The van der Waals surface area contributed by atoms with Gasteiger partial charge in [-0.2, -0.15) is 0 Å². The number of aryl methyl sites for hydroxylation is 2. The third kappa shape index (κ3) is 4.56. The van der Waals surface area contributed by atoms with Crippen LogP contribution in [0.15, 0.2) is 4.52 Å². The highest BCUT2D eigenvalue weighted by Crippen LogP contribution is 2.21. The lowest BCUT2D eigenvalue weighted by Gasteiger charge is -2.28. The van der Waals surface area contributed by atoms with Gasteiger partial charge in [-0.05, 0) is 33.1 Å². The van der Waals surface area contributed by atoms with Crippen molar-refractivity contribution in [1.82, 2.24) is 10.1 Å². The number of hydrogen-bond donors (Lipinski definition) is 0. The summed E-state index contributed by atoms with van der Waals surface area (Å²) in [6.07, 6.45) is 3.38. The Balaban J connectivity index is 2.02. The number of rotatable bonds is 7. The lowest BCUT2D eigenvalue weighted by Crippen LogP contribution is -2.41. The first-order valence-electron chi connectivity index (χ1n) is 8.25. The van der Waals surface area contributed by atoms with E-state index < -0.39 is 9.84 Å². The quantitative estimate of drug-likeness (QED) is 0.757. The molecule has 0 saturated carbocycles. The van der Waals surface area contributed by atoms with Gasteiger partial charge in [-0.15, -0.1) is 0 Å². The average Bonchev–Trinajstić information content (AvgIpc) is 3.00. The number of amides is 1. The molecule has 7 heteroatoms. The maximum Gasteiger partial charge on any atom is 0.223 e. The molecule has 1 atom stereocenters. The fourth-order valence-electron chi connectivity index (χ4n) is 3.09. The normalized spacial score (nSPS) is 19.9. The van der Waals surface area contributed by atoms with Gasteiger partial charge in [-0.25, -0.2) is 8.42 Å². The number of sulfone groups is 1. The van der Waals surface area contributed by atoms with Gasteiger partial charge >= 0.3 is 0 Å². The summed E-state index contributed by atoms with van der Waals surface area (Å²) in [7, 11) is -2.99. The second-order valence-electron chi connectivity index (χ2n) is 6.30. The van der Waals surface area contributed by atoms with Crippen LogP contribution in [0.25, 0.3) is 0 Å². The van der Waals surface area contributed by atoms with Crippen molar-refractivity contribution in [2.75, 3.05) is 18.1 Å². The van der Waals surface area contributed by atoms with Crippen LogP contribution in [0.3, 0.4) is 0 Å². The largest absolute Gasteiger partial charge is 0.361 e. The maximum absolute atomic E-state index is 12.6. The summed E-state index contributed by atoms with van der Waals surface area (Å²) in [6.45, 7) is 6.42. The summed E-state index contributed by atoms with van der Waals surface area (Å²) < 4.78 is 28.6. The standard InChI is InChI=1S/C16H26N2O4S/c1-4-5-9-18(14-8-10-23(20,21)11-14)16(19)7-6-15-12(2)17-22-13(15)3/h14H,4-11H2,1-3H3. The fourth-order valence-corrected chi connectivity index (χ4v) is 4.83. The summed E-state index contributed by atoms with van der Waals surface area (Å²) >= 11 is 0. The summed E-state index contributed by atoms with van der Waals surface area (Å²) in [5.41, 5.74) is 1.80. The van der Waals surface area contributed by atoms with Crippen LogP contribution in [0.1, 0.15) is 49.6 Å². The zero-order valence-electron chi connectivity index (χ0n) is 14.2. The number of hydrogen-bond acceptors (Lipinski definition) is 5. The van der Waals surface area contributed by atoms with Crippen LogP contribution >= 0.6 is 0 Å². The first-order valence-corrected chi connectivity index (χ1v) is 10.1. The fraction of sp³-hybridized carbons (Fsp3) is 0.750. The van der Waals surface area contributed by atoms with E-state index in [4.69, 9.17) is 4.52 Å². The third-order valence-corrected chi connectivity index (χ3v) is 6.24. The molecule has 23 heavy (non-hydrogen) atoms. The number of nitrogens with zero attached hydrogens (tertiary/aromatic N) is 2. The lowest BCUT2D eigenvalue weighted by molar-refractivity contribution is -0.133. The molecule has 130 valence electrons. The smallest absolute Gasteiger partial charge is 0.223 e. The molecule has 1 aromatic rings. The minimum Gasteiger partial charge on any atom is -0.361 e. The van der Waals surface area contributed by atoms with Crippen molar-refractivity contribution in [3.05, 3.63) is 17.0 Å². The van der Waals surface area contributed by atoms with Crippen LogP contribution in [-0.2, 0) is 21.1 Å². The van der Waals surface area contributed by atoms with Crippen molar-refractivity contribution in [3.63, 3.8) is 0 Å². The SMILES string of the molecule is CCCCN(C(=O)CCc1c(C)noc1C)C1CCS(=O)(=O)C1. The van der Waals surface area contributed by atoms with Crippen LogP contribution in [0.2, 0.25) is 0 Å². The van der Waals surface area contributed by atoms with Gasteiger partial charge in [0.15, 0.2) is 9.84 Å². The van der Waals surface area contributed by atoms with E-state index in [1.807, 2.05) is 13.8 Å². The molecule has 0 spiro atoms. The van der Waals surface area contributed by atoms with Crippen LogP contribution in [0.5, 0.6) is 0 Å². The number of aromatic nitrogens is 1. The monoisotopic (exact) mass is 342 g/mol. The van der Waals surface area contributed by atoms with Gasteiger partial charge in [-0.1, -0.05) is 18.5 Å². The first-order chi connectivity index (χ1) is 10.8. The molecule has 1 aliphatic rings. The molecule has 0 aliphatic carbocycles. The van der Waals surface area contributed by atoms with Gasteiger partial charge in [0.2, 0.25) is 5.91 Å². The van der Waals surface area contributed by atoms with Gasteiger partial charge in [0.1, 0.15) is 5.76 Å². The Morgan fingerprint density at radius 3 is 2.65 bits per heavy atom. The second kappa shape index (κ2) is 7.47. The highest BCUT2D eigenvalue weighted by molar-refractivity contribution is 7.91. The first kappa shape index (κ1) is 18.0. The third-order valence-electron chi connectivity index (χ3n) is 4.49. The molecule has 0 radical (unpaired) electrons. The summed E-state index contributed by atoms with van der Waals surface area (Å²) in [4.78, 5) is 14.4. The van der Waals surface area contributed by atoms with Crippen LogP contribution in [-0.4, -0.2) is 48.5 Å². The molecule has 2 heterocycles. The lowest BCUT2D eigenvalue weighted by atomic mass is 10.1. The van der Waals surface area contributed by atoms with E-state index in [1.54, 1.807) is 4.90 Å². The number of carbonyl (C=O) groups excluding carboxylic acids is 1. The van der Waals surface area contributed by atoms with Crippen molar-refractivity contribution in [2.24, 2.45) is 0 Å². The molecule has 1 unspecified atom stereocenters. The van der Waals surface area contributed by atoms with Crippen molar-refractivity contribution in [2.45, 2.75) is 58.9 Å². The molecule has 1 aromatic heterocycles. The van der Waals surface area contributed by atoms with E-state index in [-0.39, 0.29) is 23.5 Å². The summed E-state index contributed by atoms with van der Waals surface area (Å²) in [6, 6.07) is -0.163. The van der Waals surface area contributed by atoms with Crippen molar-refractivity contribution in [1.29, 1.82) is 0 Å². The Bertz CT molecular complexity index is 632. The summed E-state index contributed by atoms with van der Waals surface area (Å²) in [5.74, 6) is 1.07. The predicted molar refractivity (Wildman–Crippen MR) is 88.0 cm³/mol. The minimum absolute atomic E-state index is 0.0283. The highest BCUT2D eigenvalue weighted by atomic mass is 32.2. The van der Waals surface area contributed by atoms with Gasteiger partial charge in [0.25, 0.3) is 0 Å². The molecule has 2 rings (SSSR count). The molecular weight excluding hydrogens is 316 g/mol. The number of carbonyl (C=O) groups is 1. The van der Waals surface area contributed by atoms with E-state index in [9.17, 15) is 13.2 Å². The van der Waals surface area contributed by atoms with Crippen LogP contribution in [0.4, 0.5) is 0 Å². The molecule has 6 nitrogen and oxygen atoms in total. The van der Waals surface area contributed by atoms with E-state index in [0.29, 0.717) is 25.8 Å². The predicted octanol–water partition coefficient (Wildman–Crippen LogP) is 2.04. The molecule has 1 aliphatic heterocycles. The Morgan fingerprint density at radius 1 is 1.39 bits per heavy atom. The van der Waals surface area contributed by atoms with Crippen LogP contribution in [0, 0.1) is 13.8 Å². The van der Waals surface area contributed by atoms with Gasteiger partial charge < -0.3 is 9.42 Å². The molecule has 1 amide bonds. The Kier molecular flexibility index (Phi) is 5.84. The average molecular weight is 342 g/mol. The Hall–Kier alpha value is -1.37. The Morgan fingerprint density at radius 2 is 2.13 bits per heavy atom. The van der Waals surface area contributed by atoms with Crippen molar-refractivity contribution in [3.8, 4) is 0 Å². The van der Waals surface area contributed by atoms with E-state index in [2.05, 4.69) is 12.1 Å². The molecule has 0 aromatic carbocycles. The van der Waals surface area contributed by atoms with Crippen molar-refractivity contribution < 1.29 is 17.7 Å². The van der Waals surface area contributed by atoms with E-state index in [0.717, 1.165) is 29.9 Å². The zero-order chi connectivity index (χ0) is 17.0. The summed E-state index contributed by atoms with van der Waals surface area (Å²) in [5, 5.41) is 3.91. The van der Waals surface area contributed by atoms with Crippen molar-refractivity contribution >= 4 is 15.7 Å². The molecule has 0 bridgehead atoms. The Labute approximate surface area is 138 Å². The minimum atomic E-state index is -2.99. The molecule has 1 fully saturated rings. The highest BCUT2D eigenvalue weighted by Gasteiger charge is 2.34. The molecular formula is C16H26N2O4S. The van der Waals surface area contributed by atoms with Gasteiger partial charge in [0.05, 0.1) is 17.2 Å². The van der Waals surface area contributed by atoms with Gasteiger partial charge in [0, 0.05) is 24.6 Å². The van der Waals surface area contributed by atoms with Crippen LogP contribution < -0.4 is 0 Å². The van der Waals surface area contributed by atoms with Gasteiger partial charge in [-0.3, -0.25) is 4.79 Å². The topological polar surface area (TPSA) is 80.5 Å². The maximum atomic E-state index is 12.6.